The van der Waals surface area contributed by atoms with Crippen LogP contribution in [0.25, 0.3) is 0 Å². The third-order valence-corrected chi connectivity index (χ3v) is 4.90. The molecule has 2 aromatic carbocycles. The van der Waals surface area contributed by atoms with Crippen molar-refractivity contribution in [1.82, 2.24) is 5.32 Å². The van der Waals surface area contributed by atoms with Gasteiger partial charge in [-0.1, -0.05) is 12.1 Å². The molecule has 1 amide bonds. The van der Waals surface area contributed by atoms with E-state index in [4.69, 9.17) is 9.47 Å². The van der Waals surface area contributed by atoms with E-state index in [9.17, 15) is 13.6 Å². The van der Waals surface area contributed by atoms with Gasteiger partial charge in [0, 0.05) is 31.2 Å². The lowest BCUT2D eigenvalue weighted by Crippen LogP contribution is -2.44. The zero-order valence-corrected chi connectivity index (χ0v) is 14.6. The number of carbonyl (C=O) groups is 1. The SMILES string of the molecule is COc1ccc(C(=O)NCC2(c3cccc(F)c3)CCOCC2)c(F)c1. The number of nitrogens with one attached hydrogen (secondary N) is 1. The Morgan fingerprint density at radius 3 is 2.62 bits per heavy atom. The molecule has 3 rings (SSSR count). The lowest BCUT2D eigenvalue weighted by molar-refractivity contribution is 0.0486. The molecule has 0 bridgehead atoms. The summed E-state index contributed by atoms with van der Waals surface area (Å²) in [5, 5.41) is 2.81. The molecule has 6 heteroatoms. The summed E-state index contributed by atoms with van der Waals surface area (Å²) >= 11 is 0. The summed E-state index contributed by atoms with van der Waals surface area (Å²) in [5.41, 5.74) is 0.336. The Morgan fingerprint density at radius 1 is 1.19 bits per heavy atom. The lowest BCUT2D eigenvalue weighted by atomic mass is 9.74. The number of ether oxygens (including phenoxy) is 2. The minimum atomic E-state index is -0.645. The van der Waals surface area contributed by atoms with Gasteiger partial charge in [0.1, 0.15) is 17.4 Å². The van der Waals surface area contributed by atoms with Crippen LogP contribution in [0, 0.1) is 11.6 Å². The van der Waals surface area contributed by atoms with Gasteiger partial charge in [0.25, 0.3) is 5.91 Å². The van der Waals surface area contributed by atoms with Crippen molar-refractivity contribution in [2.75, 3.05) is 26.9 Å². The summed E-state index contributed by atoms with van der Waals surface area (Å²) in [6.45, 7) is 1.34. The predicted molar refractivity (Wildman–Crippen MR) is 93.4 cm³/mol. The van der Waals surface area contributed by atoms with Gasteiger partial charge in [0.15, 0.2) is 0 Å². The minimum Gasteiger partial charge on any atom is -0.497 e. The van der Waals surface area contributed by atoms with E-state index in [2.05, 4.69) is 5.32 Å². The highest BCUT2D eigenvalue weighted by molar-refractivity contribution is 5.94. The minimum absolute atomic E-state index is 0.0488. The van der Waals surface area contributed by atoms with Crippen LogP contribution in [0.1, 0.15) is 28.8 Å². The summed E-state index contributed by atoms with van der Waals surface area (Å²) in [7, 11) is 1.43. The van der Waals surface area contributed by atoms with Crippen LogP contribution in [-0.2, 0) is 10.2 Å². The van der Waals surface area contributed by atoms with Crippen molar-refractivity contribution in [2.45, 2.75) is 18.3 Å². The molecule has 2 aromatic rings. The van der Waals surface area contributed by atoms with E-state index in [1.54, 1.807) is 6.07 Å². The molecule has 0 atom stereocenters. The van der Waals surface area contributed by atoms with Crippen molar-refractivity contribution in [3.8, 4) is 5.75 Å². The Balaban J connectivity index is 1.79. The highest BCUT2D eigenvalue weighted by atomic mass is 19.1. The molecular formula is C20H21F2NO3. The second-order valence-corrected chi connectivity index (χ2v) is 6.43. The van der Waals surface area contributed by atoms with Crippen molar-refractivity contribution in [2.24, 2.45) is 0 Å². The molecule has 0 radical (unpaired) electrons. The quantitative estimate of drug-likeness (QED) is 0.887. The summed E-state index contributed by atoms with van der Waals surface area (Å²) in [6, 6.07) is 10.5. The van der Waals surface area contributed by atoms with Crippen molar-refractivity contribution < 1.29 is 23.0 Å². The van der Waals surface area contributed by atoms with Crippen LogP contribution in [0.4, 0.5) is 8.78 Å². The summed E-state index contributed by atoms with van der Waals surface area (Å²) in [6.07, 6.45) is 1.31. The first-order chi connectivity index (χ1) is 12.5. The molecule has 4 nitrogen and oxygen atoms in total. The Kier molecular flexibility index (Phi) is 5.52. The Morgan fingerprint density at radius 2 is 1.96 bits per heavy atom. The average Bonchev–Trinajstić information content (AvgIpc) is 2.66. The maximum atomic E-state index is 14.1. The molecule has 0 aliphatic carbocycles. The fourth-order valence-electron chi connectivity index (χ4n) is 3.30. The van der Waals surface area contributed by atoms with Crippen LogP contribution in [0.2, 0.25) is 0 Å². The van der Waals surface area contributed by atoms with Gasteiger partial charge in [-0.3, -0.25) is 4.79 Å². The monoisotopic (exact) mass is 361 g/mol. The van der Waals surface area contributed by atoms with Gasteiger partial charge in [-0.2, -0.15) is 0 Å². The first kappa shape index (κ1) is 18.3. The molecule has 26 heavy (non-hydrogen) atoms. The van der Waals surface area contributed by atoms with Crippen LogP contribution < -0.4 is 10.1 Å². The third-order valence-electron chi connectivity index (χ3n) is 4.90. The number of amides is 1. The van der Waals surface area contributed by atoms with Gasteiger partial charge >= 0.3 is 0 Å². The van der Waals surface area contributed by atoms with Crippen LogP contribution in [0.3, 0.4) is 0 Å². The second-order valence-electron chi connectivity index (χ2n) is 6.43. The van der Waals surface area contributed by atoms with Crippen molar-refractivity contribution in [1.29, 1.82) is 0 Å². The van der Waals surface area contributed by atoms with Gasteiger partial charge in [-0.05, 0) is 42.7 Å². The highest BCUT2D eigenvalue weighted by Gasteiger charge is 2.35. The van der Waals surface area contributed by atoms with Gasteiger partial charge < -0.3 is 14.8 Å². The normalized spacial score (nSPS) is 16.1. The predicted octanol–water partition coefficient (Wildman–Crippen LogP) is 3.45. The molecule has 1 aliphatic rings. The average molecular weight is 361 g/mol. The van der Waals surface area contributed by atoms with E-state index in [0.717, 1.165) is 5.56 Å². The molecule has 1 heterocycles. The number of benzene rings is 2. The van der Waals surface area contributed by atoms with E-state index < -0.39 is 17.1 Å². The molecular weight excluding hydrogens is 340 g/mol. The van der Waals surface area contributed by atoms with E-state index in [1.807, 2.05) is 6.07 Å². The Hall–Kier alpha value is -2.47. The van der Waals surface area contributed by atoms with Crippen LogP contribution >= 0.6 is 0 Å². The number of hydrogen-bond donors (Lipinski definition) is 1. The number of halogens is 2. The highest BCUT2D eigenvalue weighted by Crippen LogP contribution is 2.34. The zero-order chi connectivity index (χ0) is 18.6. The first-order valence-electron chi connectivity index (χ1n) is 8.50. The fourth-order valence-corrected chi connectivity index (χ4v) is 3.30. The molecule has 0 spiro atoms. The largest absolute Gasteiger partial charge is 0.497 e. The molecule has 1 saturated heterocycles. The number of methoxy groups -OCH3 is 1. The number of carbonyl (C=O) groups excluding carboxylic acids is 1. The standard InChI is InChI=1S/C20H21F2NO3/c1-25-16-5-6-17(18(22)12-16)19(24)23-13-20(7-9-26-10-8-20)14-3-2-4-15(21)11-14/h2-6,11-12H,7-10,13H2,1H3,(H,23,24). The molecule has 1 fully saturated rings. The lowest BCUT2D eigenvalue weighted by Gasteiger charge is -2.38. The van der Waals surface area contributed by atoms with E-state index >= 15 is 0 Å². The van der Waals surface area contributed by atoms with Crippen LogP contribution in [0.15, 0.2) is 42.5 Å². The molecule has 1 aliphatic heterocycles. The Labute approximate surface area is 151 Å². The van der Waals surface area contributed by atoms with E-state index in [0.29, 0.717) is 31.8 Å². The van der Waals surface area contributed by atoms with Crippen molar-refractivity contribution >= 4 is 5.91 Å². The van der Waals surface area contributed by atoms with E-state index in [1.165, 1.54) is 37.4 Å². The van der Waals surface area contributed by atoms with Crippen molar-refractivity contribution in [3.63, 3.8) is 0 Å². The second kappa shape index (κ2) is 7.83. The van der Waals surface area contributed by atoms with Gasteiger partial charge in [-0.25, -0.2) is 8.78 Å². The molecule has 138 valence electrons. The zero-order valence-electron chi connectivity index (χ0n) is 14.6. The fraction of sp³-hybridized carbons (Fsp3) is 0.350. The summed E-state index contributed by atoms with van der Waals surface area (Å²) in [5.74, 6) is -1.12. The smallest absolute Gasteiger partial charge is 0.254 e. The van der Waals surface area contributed by atoms with Crippen molar-refractivity contribution in [3.05, 3.63) is 65.2 Å². The van der Waals surface area contributed by atoms with Gasteiger partial charge in [-0.15, -0.1) is 0 Å². The van der Waals surface area contributed by atoms with Gasteiger partial charge in [0.05, 0.1) is 12.7 Å². The molecule has 0 unspecified atom stereocenters. The summed E-state index contributed by atoms with van der Waals surface area (Å²) < 4.78 is 38.2. The van der Waals surface area contributed by atoms with Gasteiger partial charge in [0.2, 0.25) is 0 Å². The molecule has 0 aromatic heterocycles. The first-order valence-corrected chi connectivity index (χ1v) is 8.50. The maximum Gasteiger partial charge on any atom is 0.254 e. The number of rotatable bonds is 5. The maximum absolute atomic E-state index is 14.1. The third kappa shape index (κ3) is 3.85. The number of hydrogen-bond acceptors (Lipinski definition) is 3. The molecule has 0 saturated carbocycles. The molecule has 1 N–H and O–H groups in total. The topological polar surface area (TPSA) is 47.6 Å². The van der Waals surface area contributed by atoms with E-state index in [-0.39, 0.29) is 17.9 Å². The van der Waals surface area contributed by atoms with Crippen LogP contribution in [-0.4, -0.2) is 32.8 Å². The van der Waals surface area contributed by atoms with Crippen LogP contribution in [0.5, 0.6) is 5.75 Å². The Bertz CT molecular complexity index is 788. The summed E-state index contributed by atoms with van der Waals surface area (Å²) in [4.78, 5) is 12.5.